The number of carbonyl (C=O) groups is 1. The van der Waals surface area contributed by atoms with E-state index in [1.165, 1.54) is 6.07 Å². The summed E-state index contributed by atoms with van der Waals surface area (Å²) in [4.78, 5) is 14.3. The number of likely N-dealkylation sites (tertiary alicyclic amines) is 1. The summed E-state index contributed by atoms with van der Waals surface area (Å²) < 4.78 is 14.0. The van der Waals surface area contributed by atoms with Gasteiger partial charge in [-0.15, -0.1) is 0 Å². The van der Waals surface area contributed by atoms with E-state index in [9.17, 15) is 9.18 Å². The van der Waals surface area contributed by atoms with Gasteiger partial charge in [0.05, 0.1) is 5.56 Å². The monoisotopic (exact) mass is 283 g/mol. The fourth-order valence-electron chi connectivity index (χ4n) is 2.77. The van der Waals surface area contributed by atoms with Gasteiger partial charge in [-0.2, -0.15) is 0 Å². The van der Waals surface area contributed by atoms with Crippen LogP contribution in [0.4, 0.5) is 4.39 Å². The lowest BCUT2D eigenvalue weighted by Gasteiger charge is -2.27. The molecule has 0 aromatic heterocycles. The second-order valence-corrected chi connectivity index (χ2v) is 5.41. The van der Waals surface area contributed by atoms with Crippen LogP contribution in [0, 0.1) is 5.82 Å². The average molecular weight is 283 g/mol. The van der Waals surface area contributed by atoms with Crippen LogP contribution in [-0.2, 0) is 0 Å². The summed E-state index contributed by atoms with van der Waals surface area (Å²) in [5, 5.41) is 0. The second kappa shape index (κ2) is 6.08. The number of carbonyl (C=O) groups excluding carboxylic acids is 1. The highest BCUT2D eigenvalue weighted by Crippen LogP contribution is 2.23. The number of piperidine rings is 1. The lowest BCUT2D eigenvalue weighted by molar-refractivity contribution is 0.0719. The van der Waals surface area contributed by atoms with Crippen LogP contribution in [0.1, 0.15) is 29.6 Å². The first kappa shape index (κ1) is 13.8. The number of amides is 1. The highest BCUT2D eigenvalue weighted by molar-refractivity contribution is 5.95. The minimum atomic E-state index is -0.440. The highest BCUT2D eigenvalue weighted by atomic mass is 19.1. The predicted molar refractivity (Wildman–Crippen MR) is 81.6 cm³/mol. The predicted octanol–water partition coefficient (Wildman–Crippen LogP) is 4.12. The molecule has 1 aliphatic rings. The molecule has 3 heteroatoms. The molecule has 1 saturated heterocycles. The molecule has 0 saturated carbocycles. The SMILES string of the molecule is O=C(c1cc(-c2ccccc2)ccc1F)N1CCCCC1. The van der Waals surface area contributed by atoms with Gasteiger partial charge >= 0.3 is 0 Å². The first-order valence-electron chi connectivity index (χ1n) is 7.40. The van der Waals surface area contributed by atoms with Crippen molar-refractivity contribution in [1.82, 2.24) is 4.90 Å². The van der Waals surface area contributed by atoms with Crippen molar-refractivity contribution in [1.29, 1.82) is 0 Å². The molecule has 0 radical (unpaired) electrons. The van der Waals surface area contributed by atoms with E-state index < -0.39 is 5.82 Å². The number of nitrogens with zero attached hydrogens (tertiary/aromatic N) is 1. The minimum absolute atomic E-state index is 0.179. The molecular weight excluding hydrogens is 265 g/mol. The summed E-state index contributed by atoms with van der Waals surface area (Å²) in [7, 11) is 0. The number of benzene rings is 2. The lowest BCUT2D eigenvalue weighted by atomic mass is 10.0. The zero-order chi connectivity index (χ0) is 14.7. The third-order valence-electron chi connectivity index (χ3n) is 3.95. The van der Waals surface area contributed by atoms with Crippen molar-refractivity contribution < 1.29 is 9.18 Å². The topological polar surface area (TPSA) is 20.3 Å². The number of rotatable bonds is 2. The maximum Gasteiger partial charge on any atom is 0.256 e. The van der Waals surface area contributed by atoms with Crippen molar-refractivity contribution in [2.24, 2.45) is 0 Å². The van der Waals surface area contributed by atoms with Gasteiger partial charge in [-0.05, 0) is 42.5 Å². The van der Waals surface area contributed by atoms with Crippen LogP contribution < -0.4 is 0 Å². The molecule has 1 fully saturated rings. The summed E-state index contributed by atoms with van der Waals surface area (Å²) >= 11 is 0. The van der Waals surface area contributed by atoms with Crippen molar-refractivity contribution in [3.8, 4) is 11.1 Å². The Morgan fingerprint density at radius 1 is 0.905 bits per heavy atom. The third kappa shape index (κ3) is 2.97. The normalized spacial score (nSPS) is 15.0. The Labute approximate surface area is 124 Å². The van der Waals surface area contributed by atoms with Gasteiger partial charge in [0.15, 0.2) is 0 Å². The Balaban J connectivity index is 1.93. The molecule has 2 nitrogen and oxygen atoms in total. The molecule has 2 aromatic carbocycles. The molecule has 0 spiro atoms. The Morgan fingerprint density at radius 3 is 2.33 bits per heavy atom. The third-order valence-corrected chi connectivity index (χ3v) is 3.95. The zero-order valence-corrected chi connectivity index (χ0v) is 11.9. The summed E-state index contributed by atoms with van der Waals surface area (Å²) in [6.45, 7) is 1.46. The standard InChI is InChI=1S/C18H18FNO/c19-17-10-9-15(14-7-3-1-4-8-14)13-16(17)18(21)20-11-5-2-6-12-20/h1,3-4,7-10,13H,2,5-6,11-12H2. The van der Waals surface area contributed by atoms with Gasteiger partial charge in [0.2, 0.25) is 0 Å². The van der Waals surface area contributed by atoms with E-state index >= 15 is 0 Å². The van der Waals surface area contributed by atoms with Crippen LogP contribution >= 0.6 is 0 Å². The first-order valence-corrected chi connectivity index (χ1v) is 7.40. The summed E-state index contributed by atoms with van der Waals surface area (Å²) in [6.07, 6.45) is 3.16. The molecule has 21 heavy (non-hydrogen) atoms. The van der Waals surface area contributed by atoms with E-state index in [4.69, 9.17) is 0 Å². The van der Waals surface area contributed by atoms with Crippen molar-refractivity contribution >= 4 is 5.91 Å². The van der Waals surface area contributed by atoms with Crippen LogP contribution in [0.15, 0.2) is 48.5 Å². The molecule has 0 bridgehead atoms. The van der Waals surface area contributed by atoms with E-state index in [-0.39, 0.29) is 11.5 Å². The zero-order valence-electron chi connectivity index (χ0n) is 11.9. The molecule has 2 aromatic rings. The van der Waals surface area contributed by atoms with E-state index in [0.717, 1.165) is 43.5 Å². The summed E-state index contributed by atoms with van der Waals surface area (Å²) in [5.41, 5.74) is 2.04. The van der Waals surface area contributed by atoms with Gasteiger partial charge in [0, 0.05) is 13.1 Å². The van der Waals surface area contributed by atoms with E-state index in [1.54, 1.807) is 17.0 Å². The van der Waals surface area contributed by atoms with Gasteiger partial charge < -0.3 is 4.90 Å². The van der Waals surface area contributed by atoms with Crippen LogP contribution in [0.3, 0.4) is 0 Å². The lowest BCUT2D eigenvalue weighted by Crippen LogP contribution is -2.36. The Bertz CT molecular complexity index is 633. The smallest absolute Gasteiger partial charge is 0.256 e. The van der Waals surface area contributed by atoms with Crippen LogP contribution in [0.5, 0.6) is 0 Å². The number of hydrogen-bond acceptors (Lipinski definition) is 1. The molecule has 1 aliphatic heterocycles. The number of halogens is 1. The molecule has 0 unspecified atom stereocenters. The molecule has 108 valence electrons. The minimum Gasteiger partial charge on any atom is -0.339 e. The van der Waals surface area contributed by atoms with Gasteiger partial charge in [0.1, 0.15) is 5.82 Å². The second-order valence-electron chi connectivity index (χ2n) is 5.41. The van der Waals surface area contributed by atoms with Gasteiger partial charge in [0.25, 0.3) is 5.91 Å². The van der Waals surface area contributed by atoms with Crippen molar-refractivity contribution in [3.63, 3.8) is 0 Å². The quantitative estimate of drug-likeness (QED) is 0.812. The molecule has 1 amide bonds. The van der Waals surface area contributed by atoms with Crippen LogP contribution in [0.25, 0.3) is 11.1 Å². The largest absolute Gasteiger partial charge is 0.339 e. The van der Waals surface area contributed by atoms with E-state index in [2.05, 4.69) is 0 Å². The Morgan fingerprint density at radius 2 is 1.62 bits per heavy atom. The van der Waals surface area contributed by atoms with Crippen LogP contribution in [-0.4, -0.2) is 23.9 Å². The summed E-state index contributed by atoms with van der Waals surface area (Å²) in [5.74, 6) is -0.629. The molecule has 3 rings (SSSR count). The first-order chi connectivity index (χ1) is 10.3. The molecular formula is C18H18FNO. The van der Waals surface area contributed by atoms with E-state index in [1.807, 2.05) is 30.3 Å². The maximum absolute atomic E-state index is 14.0. The van der Waals surface area contributed by atoms with Crippen LogP contribution in [0.2, 0.25) is 0 Å². The fraction of sp³-hybridized carbons (Fsp3) is 0.278. The van der Waals surface area contributed by atoms with Gasteiger partial charge in [-0.3, -0.25) is 4.79 Å². The molecule has 0 aliphatic carbocycles. The van der Waals surface area contributed by atoms with E-state index in [0.29, 0.717) is 0 Å². The van der Waals surface area contributed by atoms with Crippen molar-refractivity contribution in [2.45, 2.75) is 19.3 Å². The average Bonchev–Trinajstić information content (AvgIpc) is 2.56. The summed E-state index contributed by atoms with van der Waals surface area (Å²) in [6, 6.07) is 14.5. The molecule has 0 atom stereocenters. The van der Waals surface area contributed by atoms with Gasteiger partial charge in [-0.1, -0.05) is 36.4 Å². The number of hydrogen-bond donors (Lipinski definition) is 0. The Kier molecular flexibility index (Phi) is 4.00. The maximum atomic E-state index is 14.0. The van der Waals surface area contributed by atoms with Gasteiger partial charge in [-0.25, -0.2) is 4.39 Å². The molecule has 1 heterocycles. The molecule has 0 N–H and O–H groups in total. The highest BCUT2D eigenvalue weighted by Gasteiger charge is 2.21. The van der Waals surface area contributed by atoms with Crippen molar-refractivity contribution in [3.05, 3.63) is 59.9 Å². The van der Waals surface area contributed by atoms with Crippen molar-refractivity contribution in [2.75, 3.05) is 13.1 Å². The Hall–Kier alpha value is -2.16. The fourth-order valence-corrected chi connectivity index (χ4v) is 2.77.